The third-order valence-electron chi connectivity index (χ3n) is 6.41. The maximum atomic E-state index is 12.6. The van der Waals surface area contributed by atoms with E-state index in [0.29, 0.717) is 24.4 Å². The van der Waals surface area contributed by atoms with Crippen LogP contribution in [0.2, 0.25) is 0 Å². The van der Waals surface area contributed by atoms with Gasteiger partial charge in [-0.25, -0.2) is 4.98 Å². The molecule has 1 amide bonds. The number of amides is 1. The highest BCUT2D eigenvalue weighted by molar-refractivity contribution is 7.98. The molecule has 198 valence electrons. The largest absolute Gasteiger partial charge is 0.379 e. The van der Waals surface area contributed by atoms with E-state index >= 15 is 0 Å². The van der Waals surface area contributed by atoms with Crippen LogP contribution >= 0.6 is 23.1 Å². The molecule has 1 aliphatic rings. The van der Waals surface area contributed by atoms with E-state index in [2.05, 4.69) is 61.2 Å². The van der Waals surface area contributed by atoms with Gasteiger partial charge < -0.3 is 10.1 Å². The number of hydrogen-bond donors (Lipinski definition) is 1. The normalized spacial score (nSPS) is 14.0. The highest BCUT2D eigenvalue weighted by Gasteiger charge is 2.18. The number of carbonyl (C=O) groups excluding carboxylic acids is 1. The summed E-state index contributed by atoms with van der Waals surface area (Å²) in [6, 6.07) is 18.6. The lowest BCUT2D eigenvalue weighted by molar-refractivity contribution is 0.0374. The first kappa shape index (κ1) is 26.6. The summed E-state index contributed by atoms with van der Waals surface area (Å²) in [5, 5.41) is 15.6. The fraction of sp³-hybridized carbons (Fsp3) is 0.357. The number of ether oxygens (including phenoxy) is 1. The van der Waals surface area contributed by atoms with Gasteiger partial charge >= 0.3 is 0 Å². The molecule has 1 saturated heterocycles. The van der Waals surface area contributed by atoms with Crippen molar-refractivity contribution in [2.24, 2.45) is 0 Å². The summed E-state index contributed by atoms with van der Waals surface area (Å²) in [7, 11) is 0. The minimum atomic E-state index is -0.118. The van der Waals surface area contributed by atoms with E-state index in [0.717, 1.165) is 66.5 Å². The Bertz CT molecular complexity index is 1330. The number of aromatic nitrogens is 4. The van der Waals surface area contributed by atoms with Crippen LogP contribution in [0.3, 0.4) is 0 Å². The summed E-state index contributed by atoms with van der Waals surface area (Å²) in [5.41, 5.74) is 3.89. The number of aryl methyl sites for hydroxylation is 1. The average Bonchev–Trinajstić information content (AvgIpc) is 3.58. The van der Waals surface area contributed by atoms with Gasteiger partial charge in [-0.1, -0.05) is 60.3 Å². The number of thioether (sulfide) groups is 1. The van der Waals surface area contributed by atoms with E-state index in [1.807, 2.05) is 35.7 Å². The summed E-state index contributed by atoms with van der Waals surface area (Å²) < 4.78 is 7.52. The molecule has 0 atom stereocenters. The fourth-order valence-corrected chi connectivity index (χ4v) is 6.13. The van der Waals surface area contributed by atoms with Gasteiger partial charge in [-0.3, -0.25) is 14.3 Å². The van der Waals surface area contributed by atoms with E-state index in [9.17, 15) is 4.79 Å². The highest BCUT2D eigenvalue weighted by Crippen LogP contribution is 2.28. The van der Waals surface area contributed by atoms with Gasteiger partial charge in [0.15, 0.2) is 5.16 Å². The van der Waals surface area contributed by atoms with Crippen LogP contribution in [0.4, 0.5) is 0 Å². The van der Waals surface area contributed by atoms with Crippen LogP contribution in [0.1, 0.15) is 38.9 Å². The van der Waals surface area contributed by atoms with Gasteiger partial charge in [0.05, 0.1) is 24.7 Å². The summed E-state index contributed by atoms with van der Waals surface area (Å²) in [4.78, 5) is 19.6. The topological polar surface area (TPSA) is 85.2 Å². The van der Waals surface area contributed by atoms with Gasteiger partial charge in [0, 0.05) is 31.4 Å². The van der Waals surface area contributed by atoms with Crippen LogP contribution in [0, 0.1) is 6.92 Å². The van der Waals surface area contributed by atoms with Gasteiger partial charge in [-0.05, 0) is 37.1 Å². The Labute approximate surface area is 231 Å². The Morgan fingerprint density at radius 2 is 1.87 bits per heavy atom. The molecule has 5 rings (SSSR count). The molecule has 0 unspecified atom stereocenters. The van der Waals surface area contributed by atoms with Crippen molar-refractivity contribution in [3.63, 3.8) is 0 Å². The lowest BCUT2D eigenvalue weighted by atomic mass is 10.1. The molecule has 3 heterocycles. The molecule has 0 bridgehead atoms. The first-order valence-electron chi connectivity index (χ1n) is 12.9. The SMILES string of the molecule is Cc1ccccc1-n1c(Cc2ccccc2)nnc1SCc1nc(C(=O)NCCCN2CCOCC2)cs1. The number of rotatable bonds is 11. The number of hydrogen-bond acceptors (Lipinski definition) is 8. The van der Waals surface area contributed by atoms with E-state index in [-0.39, 0.29) is 5.91 Å². The summed E-state index contributed by atoms with van der Waals surface area (Å²) in [6.45, 7) is 7.22. The van der Waals surface area contributed by atoms with Crippen LogP contribution < -0.4 is 5.32 Å². The zero-order chi connectivity index (χ0) is 26.2. The second kappa shape index (κ2) is 13.1. The molecule has 0 spiro atoms. The Kier molecular flexibility index (Phi) is 9.19. The first-order chi connectivity index (χ1) is 18.7. The first-order valence-corrected chi connectivity index (χ1v) is 14.7. The zero-order valence-corrected chi connectivity index (χ0v) is 23.1. The summed E-state index contributed by atoms with van der Waals surface area (Å²) in [5.74, 6) is 1.39. The van der Waals surface area contributed by atoms with Crippen molar-refractivity contribution in [3.05, 3.63) is 87.6 Å². The molecule has 1 fully saturated rings. The summed E-state index contributed by atoms with van der Waals surface area (Å²) >= 11 is 3.09. The number of morpholine rings is 1. The van der Waals surface area contributed by atoms with Crippen LogP contribution in [-0.4, -0.2) is 69.9 Å². The van der Waals surface area contributed by atoms with E-state index < -0.39 is 0 Å². The quantitative estimate of drug-likeness (QED) is 0.220. The second-order valence-corrected chi connectivity index (χ2v) is 11.0. The lowest BCUT2D eigenvalue weighted by Gasteiger charge is -2.26. The number of carbonyl (C=O) groups is 1. The van der Waals surface area contributed by atoms with Crippen LogP contribution in [0.5, 0.6) is 0 Å². The number of thiazole rings is 1. The predicted octanol–water partition coefficient (Wildman–Crippen LogP) is 4.37. The third-order valence-corrected chi connectivity index (χ3v) is 8.38. The molecule has 0 radical (unpaired) electrons. The minimum Gasteiger partial charge on any atom is -0.379 e. The van der Waals surface area contributed by atoms with E-state index in [1.165, 1.54) is 16.9 Å². The monoisotopic (exact) mass is 548 g/mol. The third kappa shape index (κ3) is 6.87. The number of para-hydroxylation sites is 1. The molecular formula is C28H32N6O2S2. The number of benzene rings is 2. The molecule has 4 aromatic rings. The van der Waals surface area contributed by atoms with Crippen molar-refractivity contribution in [3.8, 4) is 5.69 Å². The molecule has 0 aliphatic carbocycles. The molecule has 38 heavy (non-hydrogen) atoms. The maximum Gasteiger partial charge on any atom is 0.270 e. The Morgan fingerprint density at radius 1 is 1.08 bits per heavy atom. The zero-order valence-electron chi connectivity index (χ0n) is 21.5. The standard InChI is InChI=1S/C28H32N6O2S2/c1-21-8-5-6-11-24(21)34-25(18-22-9-3-2-4-10-22)31-32-28(34)38-20-26-30-23(19-37-26)27(35)29-12-7-13-33-14-16-36-17-15-33/h2-6,8-11,19H,7,12-18,20H2,1H3,(H,29,35). The van der Waals surface area contributed by atoms with Gasteiger partial charge in [-0.2, -0.15) is 0 Å². The second-order valence-electron chi connectivity index (χ2n) is 9.16. The highest BCUT2D eigenvalue weighted by atomic mass is 32.2. The van der Waals surface area contributed by atoms with E-state index in [1.54, 1.807) is 11.8 Å². The minimum absolute atomic E-state index is 0.118. The molecule has 2 aromatic heterocycles. The Hall–Kier alpha value is -3.05. The average molecular weight is 549 g/mol. The van der Waals surface area contributed by atoms with Crippen LogP contribution in [-0.2, 0) is 16.9 Å². The van der Waals surface area contributed by atoms with Crippen molar-refractivity contribution >= 4 is 29.0 Å². The van der Waals surface area contributed by atoms with Crippen molar-refractivity contribution in [1.82, 2.24) is 30.0 Å². The lowest BCUT2D eigenvalue weighted by Crippen LogP contribution is -2.38. The molecule has 8 nitrogen and oxygen atoms in total. The Balaban J connectivity index is 1.21. The Morgan fingerprint density at radius 3 is 2.68 bits per heavy atom. The smallest absolute Gasteiger partial charge is 0.270 e. The van der Waals surface area contributed by atoms with Crippen LogP contribution in [0.15, 0.2) is 65.1 Å². The van der Waals surface area contributed by atoms with Crippen molar-refractivity contribution in [1.29, 1.82) is 0 Å². The van der Waals surface area contributed by atoms with Gasteiger partial charge in [0.1, 0.15) is 16.5 Å². The molecule has 10 heteroatoms. The molecule has 2 aromatic carbocycles. The summed E-state index contributed by atoms with van der Waals surface area (Å²) in [6.07, 6.45) is 1.61. The number of nitrogens with one attached hydrogen (secondary N) is 1. The van der Waals surface area contributed by atoms with Gasteiger partial charge in [-0.15, -0.1) is 21.5 Å². The number of nitrogens with zero attached hydrogens (tertiary/aromatic N) is 5. The van der Waals surface area contributed by atoms with Crippen molar-refractivity contribution in [2.75, 3.05) is 39.4 Å². The van der Waals surface area contributed by atoms with Crippen molar-refractivity contribution in [2.45, 2.75) is 30.7 Å². The van der Waals surface area contributed by atoms with Gasteiger partial charge in [0.2, 0.25) is 0 Å². The molecule has 1 N–H and O–H groups in total. The molecular weight excluding hydrogens is 516 g/mol. The van der Waals surface area contributed by atoms with Gasteiger partial charge in [0.25, 0.3) is 5.91 Å². The van der Waals surface area contributed by atoms with E-state index in [4.69, 9.17) is 4.74 Å². The van der Waals surface area contributed by atoms with Crippen LogP contribution in [0.25, 0.3) is 5.69 Å². The molecule has 0 saturated carbocycles. The van der Waals surface area contributed by atoms with Crippen molar-refractivity contribution < 1.29 is 9.53 Å². The molecule has 1 aliphatic heterocycles. The maximum absolute atomic E-state index is 12.6. The predicted molar refractivity (Wildman–Crippen MR) is 151 cm³/mol. The fourth-order valence-electron chi connectivity index (χ4n) is 4.37.